The van der Waals surface area contributed by atoms with Gasteiger partial charge in [0.15, 0.2) is 0 Å². The smallest absolute Gasteiger partial charge is 0.261 e. The van der Waals surface area contributed by atoms with E-state index in [4.69, 9.17) is 8.84 Å². The monoisotopic (exact) mass is 404 g/mol. The van der Waals surface area contributed by atoms with Crippen molar-refractivity contribution < 1.29 is 8.84 Å². The first-order valence-corrected chi connectivity index (χ1v) is 12.2. The molecular formula is C26H32O2Si. The molecule has 0 amide bonds. The standard InChI is InChI=1S/C26H32O2Si/c1-21(2)25(19-18-22-13-12-20-27-22)28-29(26(3,4)5,23-14-8-6-9-15-23)24-16-10-7-11-17-24/h6-17,20,25H,1,18-19H2,2-5H3. The molecule has 0 saturated carbocycles. The molecule has 0 radical (unpaired) electrons. The third kappa shape index (κ3) is 4.63. The van der Waals surface area contributed by atoms with Gasteiger partial charge in [0, 0.05) is 6.42 Å². The fourth-order valence-corrected chi connectivity index (χ4v) is 8.80. The van der Waals surface area contributed by atoms with Crippen molar-refractivity contribution in [3.63, 3.8) is 0 Å². The van der Waals surface area contributed by atoms with Gasteiger partial charge in [-0.25, -0.2) is 0 Å². The van der Waals surface area contributed by atoms with Crippen molar-refractivity contribution in [3.05, 3.63) is 97.0 Å². The Morgan fingerprint density at radius 2 is 1.48 bits per heavy atom. The Morgan fingerprint density at radius 3 is 1.90 bits per heavy atom. The van der Waals surface area contributed by atoms with Crippen LogP contribution in [0.1, 0.15) is 39.9 Å². The molecule has 0 aliphatic rings. The van der Waals surface area contributed by atoms with Gasteiger partial charge in [-0.15, -0.1) is 0 Å². The lowest BCUT2D eigenvalue weighted by Gasteiger charge is -2.45. The van der Waals surface area contributed by atoms with Crippen molar-refractivity contribution in [1.82, 2.24) is 0 Å². The van der Waals surface area contributed by atoms with Crippen LogP contribution in [-0.2, 0) is 10.8 Å². The molecule has 3 heteroatoms. The molecule has 0 saturated heterocycles. The van der Waals surface area contributed by atoms with Crippen LogP contribution >= 0.6 is 0 Å². The Kier molecular flexibility index (Phi) is 6.61. The van der Waals surface area contributed by atoms with E-state index in [1.165, 1.54) is 10.4 Å². The van der Waals surface area contributed by atoms with Crippen LogP contribution in [0.3, 0.4) is 0 Å². The quantitative estimate of drug-likeness (QED) is 0.353. The lowest BCUT2D eigenvalue weighted by Crippen LogP contribution is -2.67. The summed E-state index contributed by atoms with van der Waals surface area (Å²) in [4.78, 5) is 0. The van der Waals surface area contributed by atoms with Crippen molar-refractivity contribution in [2.24, 2.45) is 0 Å². The van der Waals surface area contributed by atoms with E-state index in [0.717, 1.165) is 24.2 Å². The molecule has 0 N–H and O–H groups in total. The molecule has 3 rings (SSSR count). The SMILES string of the molecule is C=C(C)C(CCc1ccco1)O[Si](c1ccccc1)(c1ccccc1)C(C)(C)C. The largest absolute Gasteiger partial charge is 0.469 e. The molecule has 0 aliphatic carbocycles. The molecule has 0 aliphatic heterocycles. The van der Waals surface area contributed by atoms with Gasteiger partial charge in [-0.05, 0) is 40.9 Å². The van der Waals surface area contributed by atoms with Gasteiger partial charge in [-0.2, -0.15) is 0 Å². The highest BCUT2D eigenvalue weighted by atomic mass is 28.4. The summed E-state index contributed by atoms with van der Waals surface area (Å²) in [5.74, 6) is 0.988. The minimum Gasteiger partial charge on any atom is -0.469 e. The minimum absolute atomic E-state index is 0.0357. The number of furan rings is 1. The van der Waals surface area contributed by atoms with Crippen LogP contribution in [-0.4, -0.2) is 14.4 Å². The molecule has 1 heterocycles. The third-order valence-electron chi connectivity index (χ3n) is 5.52. The van der Waals surface area contributed by atoms with Crippen molar-refractivity contribution >= 4 is 18.7 Å². The first-order valence-electron chi connectivity index (χ1n) is 10.3. The van der Waals surface area contributed by atoms with Crippen LogP contribution in [0.4, 0.5) is 0 Å². The summed E-state index contributed by atoms with van der Waals surface area (Å²) < 4.78 is 12.8. The van der Waals surface area contributed by atoms with Crippen LogP contribution in [0.2, 0.25) is 5.04 Å². The number of hydrogen-bond donors (Lipinski definition) is 0. The van der Waals surface area contributed by atoms with Crippen molar-refractivity contribution in [3.8, 4) is 0 Å². The van der Waals surface area contributed by atoms with E-state index >= 15 is 0 Å². The highest BCUT2D eigenvalue weighted by molar-refractivity contribution is 6.99. The van der Waals surface area contributed by atoms with Crippen LogP contribution in [0.25, 0.3) is 0 Å². The van der Waals surface area contributed by atoms with Crippen LogP contribution in [0, 0.1) is 0 Å². The second kappa shape index (κ2) is 8.98. The topological polar surface area (TPSA) is 22.4 Å². The van der Waals surface area contributed by atoms with Gasteiger partial charge in [0.2, 0.25) is 0 Å². The van der Waals surface area contributed by atoms with E-state index in [2.05, 4.69) is 94.9 Å². The van der Waals surface area contributed by atoms with Crippen molar-refractivity contribution in [2.45, 2.75) is 51.7 Å². The summed E-state index contributed by atoms with van der Waals surface area (Å²) >= 11 is 0. The Morgan fingerprint density at radius 1 is 0.931 bits per heavy atom. The summed E-state index contributed by atoms with van der Waals surface area (Å²) in [6, 6.07) is 25.5. The summed E-state index contributed by atoms with van der Waals surface area (Å²) in [5, 5.41) is 2.54. The summed E-state index contributed by atoms with van der Waals surface area (Å²) in [6.07, 6.45) is 3.39. The van der Waals surface area contributed by atoms with Crippen molar-refractivity contribution in [2.75, 3.05) is 0 Å². The Hall–Kier alpha value is -2.36. The van der Waals surface area contributed by atoms with Crippen LogP contribution in [0.5, 0.6) is 0 Å². The first-order chi connectivity index (χ1) is 13.8. The lowest BCUT2D eigenvalue weighted by molar-refractivity contribution is 0.209. The number of rotatable bonds is 8. The molecule has 0 fully saturated rings. The fraction of sp³-hybridized carbons (Fsp3) is 0.308. The molecule has 2 aromatic carbocycles. The van der Waals surface area contributed by atoms with Gasteiger partial charge in [0.25, 0.3) is 8.32 Å². The average molecular weight is 405 g/mol. The van der Waals surface area contributed by atoms with Gasteiger partial charge in [0.05, 0.1) is 12.4 Å². The highest BCUT2D eigenvalue weighted by Crippen LogP contribution is 2.38. The zero-order valence-corrected chi connectivity index (χ0v) is 19.0. The normalized spacial score (nSPS) is 13.2. The van der Waals surface area contributed by atoms with Crippen molar-refractivity contribution in [1.29, 1.82) is 0 Å². The predicted octanol–water partition coefficient (Wildman–Crippen LogP) is 5.73. The Bertz CT molecular complexity index is 853. The molecule has 1 aromatic heterocycles. The van der Waals surface area contributed by atoms with Gasteiger partial charge in [0.1, 0.15) is 5.76 Å². The second-order valence-corrected chi connectivity index (χ2v) is 13.0. The Balaban J connectivity index is 2.07. The first kappa shape index (κ1) is 21.3. The van der Waals surface area contributed by atoms with E-state index in [-0.39, 0.29) is 11.1 Å². The second-order valence-electron chi connectivity index (χ2n) is 8.73. The average Bonchev–Trinajstić information content (AvgIpc) is 3.22. The van der Waals surface area contributed by atoms with Gasteiger partial charge in [-0.3, -0.25) is 0 Å². The molecule has 152 valence electrons. The zero-order valence-electron chi connectivity index (χ0n) is 18.0. The summed E-state index contributed by atoms with van der Waals surface area (Å²) in [6.45, 7) is 13.3. The maximum Gasteiger partial charge on any atom is 0.261 e. The molecule has 1 atom stereocenters. The zero-order chi connectivity index (χ0) is 20.9. The molecular weight excluding hydrogens is 372 g/mol. The van der Waals surface area contributed by atoms with E-state index in [1.807, 2.05) is 12.1 Å². The maximum absolute atomic E-state index is 7.23. The molecule has 29 heavy (non-hydrogen) atoms. The number of hydrogen-bond acceptors (Lipinski definition) is 2. The van der Waals surface area contributed by atoms with E-state index in [0.29, 0.717) is 0 Å². The molecule has 0 bridgehead atoms. The summed E-state index contributed by atoms with van der Waals surface area (Å²) in [5.41, 5.74) is 1.06. The van der Waals surface area contributed by atoms with E-state index in [9.17, 15) is 0 Å². The van der Waals surface area contributed by atoms with Crippen LogP contribution in [0.15, 0.2) is 95.6 Å². The molecule has 2 nitrogen and oxygen atoms in total. The Labute approximate surface area is 176 Å². The molecule has 0 spiro atoms. The van der Waals surface area contributed by atoms with Gasteiger partial charge < -0.3 is 8.84 Å². The highest BCUT2D eigenvalue weighted by Gasteiger charge is 2.51. The van der Waals surface area contributed by atoms with Gasteiger partial charge >= 0.3 is 0 Å². The predicted molar refractivity (Wildman–Crippen MR) is 124 cm³/mol. The van der Waals surface area contributed by atoms with Gasteiger partial charge in [-0.1, -0.05) is 93.6 Å². The molecule has 1 unspecified atom stereocenters. The fourth-order valence-electron chi connectivity index (χ4n) is 4.04. The third-order valence-corrected chi connectivity index (χ3v) is 10.6. The van der Waals surface area contributed by atoms with Crippen LogP contribution < -0.4 is 10.4 Å². The number of aryl methyl sites for hydroxylation is 1. The maximum atomic E-state index is 7.23. The minimum atomic E-state index is -2.59. The van der Waals surface area contributed by atoms with E-state index in [1.54, 1.807) is 6.26 Å². The number of benzene rings is 2. The molecule has 3 aromatic rings. The van der Waals surface area contributed by atoms with E-state index < -0.39 is 8.32 Å². The lowest BCUT2D eigenvalue weighted by atomic mass is 10.1. The summed E-state index contributed by atoms with van der Waals surface area (Å²) in [7, 11) is -2.59.